The van der Waals surface area contributed by atoms with Crippen molar-refractivity contribution in [2.75, 3.05) is 46.2 Å². The lowest BCUT2D eigenvalue weighted by atomic mass is 9.99. The molecule has 1 amide bonds. The fourth-order valence-electron chi connectivity index (χ4n) is 3.80. The minimum Gasteiger partial charge on any atom is -0.374 e. The largest absolute Gasteiger partial charge is 0.374 e. The molecule has 0 atom stereocenters. The smallest absolute Gasteiger partial charge is 0.253 e. The number of aliphatic imine (C=N–C) groups is 1. The maximum Gasteiger partial charge on any atom is 0.253 e. The summed E-state index contributed by atoms with van der Waals surface area (Å²) in [5.41, 5.74) is 5.89. The molecule has 160 valence electrons. The molecule has 0 unspecified atom stereocenters. The van der Waals surface area contributed by atoms with E-state index in [1.807, 2.05) is 18.2 Å². The Hall–Kier alpha value is -3.02. The van der Waals surface area contributed by atoms with Gasteiger partial charge in [-0.15, -0.1) is 0 Å². The number of rotatable bonds is 6. The fourth-order valence-corrected chi connectivity index (χ4v) is 3.80. The molecule has 1 heterocycles. The molecule has 0 aromatic heterocycles. The second kappa shape index (κ2) is 10.1. The summed E-state index contributed by atoms with van der Waals surface area (Å²) in [6.45, 7) is 2.62. The van der Waals surface area contributed by atoms with Gasteiger partial charge < -0.3 is 20.4 Å². The highest BCUT2D eigenvalue weighted by Gasteiger charge is 2.13. The highest BCUT2D eigenvalue weighted by atomic mass is 16.2. The van der Waals surface area contributed by atoms with Crippen LogP contribution in [0.4, 0.5) is 5.69 Å². The molecule has 0 bridgehead atoms. The van der Waals surface area contributed by atoms with E-state index >= 15 is 0 Å². The van der Waals surface area contributed by atoms with Crippen LogP contribution in [0.3, 0.4) is 0 Å². The van der Waals surface area contributed by atoms with E-state index in [0.717, 1.165) is 49.6 Å². The van der Waals surface area contributed by atoms with E-state index in [2.05, 4.69) is 51.8 Å². The van der Waals surface area contributed by atoms with Gasteiger partial charge in [-0.05, 0) is 54.2 Å². The number of carbonyl (C=O) groups excluding carboxylic acids is 1. The molecule has 2 N–H and O–H groups in total. The van der Waals surface area contributed by atoms with Crippen LogP contribution in [0.1, 0.15) is 33.5 Å². The average molecular weight is 408 g/mol. The number of aryl methyl sites for hydroxylation is 1. The summed E-state index contributed by atoms with van der Waals surface area (Å²) < 4.78 is 0. The van der Waals surface area contributed by atoms with Gasteiger partial charge in [0.1, 0.15) is 0 Å². The highest BCUT2D eigenvalue weighted by molar-refractivity contribution is 5.94. The number of benzene rings is 2. The molecule has 1 aliphatic heterocycles. The van der Waals surface area contributed by atoms with Gasteiger partial charge in [0.05, 0.1) is 0 Å². The van der Waals surface area contributed by atoms with Gasteiger partial charge >= 0.3 is 0 Å². The van der Waals surface area contributed by atoms with Crippen LogP contribution in [0, 0.1) is 0 Å². The molecule has 0 aliphatic carbocycles. The van der Waals surface area contributed by atoms with Crippen LogP contribution in [-0.2, 0) is 19.4 Å². The fraction of sp³-hybridized carbons (Fsp3) is 0.417. The van der Waals surface area contributed by atoms with Crippen LogP contribution >= 0.6 is 0 Å². The van der Waals surface area contributed by atoms with E-state index in [1.54, 1.807) is 26.0 Å². The Morgan fingerprint density at radius 2 is 1.97 bits per heavy atom. The molecule has 1 aliphatic rings. The van der Waals surface area contributed by atoms with E-state index in [4.69, 9.17) is 0 Å². The Labute approximate surface area is 180 Å². The van der Waals surface area contributed by atoms with Crippen molar-refractivity contribution in [1.29, 1.82) is 0 Å². The Kier molecular flexibility index (Phi) is 7.33. The molecule has 30 heavy (non-hydrogen) atoms. The topological polar surface area (TPSA) is 60.0 Å². The van der Waals surface area contributed by atoms with E-state index in [1.165, 1.54) is 23.2 Å². The first-order chi connectivity index (χ1) is 14.5. The molecule has 0 saturated carbocycles. The van der Waals surface area contributed by atoms with Crippen LogP contribution in [0.2, 0.25) is 0 Å². The molecule has 2 aromatic rings. The zero-order valence-electron chi connectivity index (χ0n) is 18.5. The summed E-state index contributed by atoms with van der Waals surface area (Å²) in [4.78, 5) is 20.4. The van der Waals surface area contributed by atoms with Crippen molar-refractivity contribution in [3.63, 3.8) is 0 Å². The van der Waals surface area contributed by atoms with Crippen molar-refractivity contribution < 1.29 is 4.79 Å². The standard InChI is InChI=1S/C24H33N5O/c1-25-24(26-13-12-18-7-5-8-21(15-18)23(30)28(2)3)27-17-19-10-11-22-20(16-19)9-6-14-29(22)4/h5,7-8,10-11,15-16H,6,9,12-14,17H2,1-4H3,(H2,25,26,27). The quantitative estimate of drug-likeness (QED) is 0.571. The van der Waals surface area contributed by atoms with Gasteiger partial charge in [-0.3, -0.25) is 9.79 Å². The Morgan fingerprint density at radius 3 is 2.73 bits per heavy atom. The Balaban J connectivity index is 1.50. The lowest BCUT2D eigenvalue weighted by molar-refractivity contribution is 0.0827. The van der Waals surface area contributed by atoms with Crippen LogP contribution in [-0.4, -0.2) is 58.0 Å². The van der Waals surface area contributed by atoms with E-state index < -0.39 is 0 Å². The minimum absolute atomic E-state index is 0.0264. The summed E-state index contributed by atoms with van der Waals surface area (Å²) >= 11 is 0. The number of fused-ring (bicyclic) bond motifs is 1. The lowest BCUT2D eigenvalue weighted by Crippen LogP contribution is -2.38. The number of amides is 1. The highest BCUT2D eigenvalue weighted by Crippen LogP contribution is 2.26. The number of carbonyl (C=O) groups is 1. The van der Waals surface area contributed by atoms with Gasteiger partial charge in [0.25, 0.3) is 5.91 Å². The number of nitrogens with one attached hydrogen (secondary N) is 2. The van der Waals surface area contributed by atoms with Gasteiger partial charge in [0.2, 0.25) is 0 Å². The van der Waals surface area contributed by atoms with Crippen LogP contribution in [0.25, 0.3) is 0 Å². The second-order valence-corrected chi connectivity index (χ2v) is 7.99. The molecule has 0 saturated heterocycles. The number of hydrogen-bond donors (Lipinski definition) is 2. The van der Waals surface area contributed by atoms with Crippen molar-refractivity contribution in [2.45, 2.75) is 25.8 Å². The van der Waals surface area contributed by atoms with Gasteiger partial charge in [-0.1, -0.05) is 24.3 Å². The molecule has 3 rings (SSSR count). The van der Waals surface area contributed by atoms with E-state index in [0.29, 0.717) is 0 Å². The minimum atomic E-state index is 0.0264. The average Bonchev–Trinajstić information content (AvgIpc) is 2.75. The molecular weight excluding hydrogens is 374 g/mol. The van der Waals surface area contributed by atoms with Gasteiger partial charge in [-0.2, -0.15) is 0 Å². The number of anilines is 1. The van der Waals surface area contributed by atoms with Gasteiger partial charge in [0, 0.05) is 59.1 Å². The summed E-state index contributed by atoms with van der Waals surface area (Å²) in [6, 6.07) is 14.5. The molecule has 6 nitrogen and oxygen atoms in total. The normalized spacial score (nSPS) is 13.6. The summed E-state index contributed by atoms with van der Waals surface area (Å²) in [5.74, 6) is 0.809. The predicted molar refractivity (Wildman–Crippen MR) is 124 cm³/mol. The third-order valence-electron chi connectivity index (χ3n) is 5.46. The molecule has 0 spiro atoms. The lowest BCUT2D eigenvalue weighted by Gasteiger charge is -2.28. The van der Waals surface area contributed by atoms with Crippen molar-refractivity contribution in [3.8, 4) is 0 Å². The maximum absolute atomic E-state index is 12.1. The first-order valence-electron chi connectivity index (χ1n) is 10.6. The maximum atomic E-state index is 12.1. The molecular formula is C24H33N5O. The van der Waals surface area contributed by atoms with Crippen LogP contribution < -0.4 is 15.5 Å². The summed E-state index contributed by atoms with van der Waals surface area (Å²) in [5, 5.41) is 6.76. The number of guanidine groups is 1. The molecule has 0 fully saturated rings. The van der Waals surface area contributed by atoms with E-state index in [9.17, 15) is 4.79 Å². The van der Waals surface area contributed by atoms with Crippen LogP contribution in [0.5, 0.6) is 0 Å². The third-order valence-corrected chi connectivity index (χ3v) is 5.46. The van der Waals surface area contributed by atoms with Crippen molar-refractivity contribution in [2.24, 2.45) is 4.99 Å². The monoisotopic (exact) mass is 407 g/mol. The van der Waals surface area contributed by atoms with Gasteiger partial charge in [0.15, 0.2) is 5.96 Å². The van der Waals surface area contributed by atoms with Gasteiger partial charge in [-0.25, -0.2) is 0 Å². The second-order valence-electron chi connectivity index (χ2n) is 7.99. The zero-order valence-corrected chi connectivity index (χ0v) is 18.5. The molecule has 0 radical (unpaired) electrons. The van der Waals surface area contributed by atoms with Crippen molar-refractivity contribution in [1.82, 2.24) is 15.5 Å². The molecule has 2 aromatic carbocycles. The van der Waals surface area contributed by atoms with E-state index in [-0.39, 0.29) is 5.91 Å². The Morgan fingerprint density at radius 1 is 1.13 bits per heavy atom. The molecule has 6 heteroatoms. The predicted octanol–water partition coefficient (Wildman–Crippen LogP) is 2.68. The number of nitrogens with zero attached hydrogens (tertiary/aromatic N) is 3. The first kappa shape index (κ1) is 21.7. The third kappa shape index (κ3) is 5.53. The summed E-state index contributed by atoms with van der Waals surface area (Å²) in [6.07, 6.45) is 3.18. The first-order valence-corrected chi connectivity index (χ1v) is 10.6. The van der Waals surface area contributed by atoms with Crippen LogP contribution in [0.15, 0.2) is 47.5 Å². The Bertz CT molecular complexity index is 906. The number of hydrogen-bond acceptors (Lipinski definition) is 3. The van der Waals surface area contributed by atoms with Crippen molar-refractivity contribution in [3.05, 3.63) is 64.7 Å². The summed E-state index contributed by atoms with van der Waals surface area (Å²) in [7, 11) is 7.49. The zero-order chi connectivity index (χ0) is 21.5. The van der Waals surface area contributed by atoms with Crippen molar-refractivity contribution >= 4 is 17.6 Å². The SMILES string of the molecule is CN=C(NCCc1cccc(C(=O)N(C)C)c1)NCc1ccc2c(c1)CCCN2C.